The van der Waals surface area contributed by atoms with Crippen LogP contribution >= 0.6 is 11.3 Å². The van der Waals surface area contributed by atoms with Crippen molar-refractivity contribution in [1.82, 2.24) is 4.31 Å². The molecule has 1 fully saturated rings. The van der Waals surface area contributed by atoms with Gasteiger partial charge in [-0.25, -0.2) is 8.42 Å². The molecule has 1 aromatic heterocycles. The molecule has 0 radical (unpaired) electrons. The molecule has 1 aliphatic heterocycles. The number of Topliss-reactive ketones (excluding diaryl/α,β-unsaturated/α-hetero) is 1. The van der Waals surface area contributed by atoms with Gasteiger partial charge in [-0.2, -0.15) is 4.31 Å². The average molecular weight is 335 g/mol. The maximum Gasteiger partial charge on any atom is 0.243 e. The number of hydrogen-bond acceptors (Lipinski definition) is 4. The molecule has 116 valence electrons. The van der Waals surface area contributed by atoms with Gasteiger partial charge in [-0.15, -0.1) is 11.3 Å². The van der Waals surface area contributed by atoms with Crippen LogP contribution in [-0.4, -0.2) is 25.1 Å². The molecule has 2 aromatic rings. The van der Waals surface area contributed by atoms with Crippen LogP contribution in [0, 0.1) is 0 Å². The maximum absolute atomic E-state index is 12.9. The highest BCUT2D eigenvalue weighted by molar-refractivity contribution is 7.89. The van der Waals surface area contributed by atoms with Gasteiger partial charge in [-0.1, -0.05) is 18.2 Å². The van der Waals surface area contributed by atoms with Gasteiger partial charge >= 0.3 is 0 Å². The van der Waals surface area contributed by atoms with Crippen molar-refractivity contribution in [3.8, 4) is 0 Å². The topological polar surface area (TPSA) is 54.5 Å². The largest absolute Gasteiger partial charge is 0.295 e. The van der Waals surface area contributed by atoms with Crippen LogP contribution in [0.5, 0.6) is 0 Å². The standard InChI is InChI=1S/C16H17NO3S2/c1-12(18)13-5-2-6-14(11-13)22(19,20)17-9-3-7-15(17)16-8-4-10-21-16/h2,4-6,8,10-11,15H,3,7,9H2,1H3/t15-/m0/s1. The van der Waals surface area contributed by atoms with Crippen LogP contribution < -0.4 is 0 Å². The molecule has 6 heteroatoms. The van der Waals surface area contributed by atoms with Crippen molar-refractivity contribution in [2.75, 3.05) is 6.54 Å². The highest BCUT2D eigenvalue weighted by Gasteiger charge is 2.36. The number of rotatable bonds is 4. The van der Waals surface area contributed by atoms with Crippen molar-refractivity contribution < 1.29 is 13.2 Å². The minimum atomic E-state index is -3.58. The normalized spacial score (nSPS) is 19.4. The van der Waals surface area contributed by atoms with Crippen LogP contribution in [0.15, 0.2) is 46.7 Å². The first-order valence-electron chi connectivity index (χ1n) is 7.16. The number of thiophene rings is 1. The summed E-state index contributed by atoms with van der Waals surface area (Å²) < 4.78 is 27.4. The van der Waals surface area contributed by atoms with Gasteiger partial charge in [0.2, 0.25) is 10.0 Å². The SMILES string of the molecule is CC(=O)c1cccc(S(=O)(=O)N2CCC[C@H]2c2cccs2)c1. The fraction of sp³-hybridized carbons (Fsp3) is 0.312. The monoisotopic (exact) mass is 335 g/mol. The molecule has 0 saturated carbocycles. The zero-order valence-corrected chi connectivity index (χ0v) is 13.9. The summed E-state index contributed by atoms with van der Waals surface area (Å²) in [7, 11) is -3.58. The molecular formula is C16H17NO3S2. The van der Waals surface area contributed by atoms with E-state index >= 15 is 0 Å². The van der Waals surface area contributed by atoms with Gasteiger partial charge < -0.3 is 0 Å². The van der Waals surface area contributed by atoms with E-state index in [-0.39, 0.29) is 16.7 Å². The fourth-order valence-corrected chi connectivity index (χ4v) is 5.46. The first-order valence-corrected chi connectivity index (χ1v) is 9.48. The summed E-state index contributed by atoms with van der Waals surface area (Å²) in [6.45, 7) is 1.96. The second kappa shape index (κ2) is 5.95. The van der Waals surface area contributed by atoms with Crippen LogP contribution in [0.25, 0.3) is 0 Å². The molecule has 22 heavy (non-hydrogen) atoms. The van der Waals surface area contributed by atoms with Crippen molar-refractivity contribution in [3.05, 3.63) is 52.2 Å². The van der Waals surface area contributed by atoms with Crippen molar-refractivity contribution in [3.63, 3.8) is 0 Å². The van der Waals surface area contributed by atoms with Crippen LogP contribution in [0.3, 0.4) is 0 Å². The summed E-state index contributed by atoms with van der Waals surface area (Å²) in [5, 5.41) is 1.97. The number of hydrogen-bond donors (Lipinski definition) is 0. The third-order valence-electron chi connectivity index (χ3n) is 3.92. The lowest BCUT2D eigenvalue weighted by Gasteiger charge is -2.23. The Hall–Kier alpha value is -1.50. The van der Waals surface area contributed by atoms with E-state index in [1.807, 2.05) is 17.5 Å². The Kier molecular flexibility index (Phi) is 4.16. The number of benzene rings is 1. The summed E-state index contributed by atoms with van der Waals surface area (Å²) in [5.74, 6) is -0.131. The van der Waals surface area contributed by atoms with E-state index in [0.717, 1.165) is 17.7 Å². The number of carbonyl (C=O) groups is 1. The molecule has 1 saturated heterocycles. The molecule has 4 nitrogen and oxygen atoms in total. The first-order chi connectivity index (χ1) is 10.5. The van der Waals surface area contributed by atoms with Crippen LogP contribution in [0.1, 0.15) is 41.0 Å². The quantitative estimate of drug-likeness (QED) is 0.804. The van der Waals surface area contributed by atoms with Gasteiger partial charge in [-0.3, -0.25) is 4.79 Å². The van der Waals surface area contributed by atoms with Crippen molar-refractivity contribution in [1.29, 1.82) is 0 Å². The molecular weight excluding hydrogens is 318 g/mol. The number of sulfonamides is 1. The number of ketones is 1. The molecule has 0 bridgehead atoms. The molecule has 0 aliphatic carbocycles. The minimum Gasteiger partial charge on any atom is -0.295 e. The minimum absolute atomic E-state index is 0.0917. The first kappa shape index (κ1) is 15.4. The highest BCUT2D eigenvalue weighted by Crippen LogP contribution is 2.38. The smallest absolute Gasteiger partial charge is 0.243 e. The van der Waals surface area contributed by atoms with Crippen LogP contribution in [0.2, 0.25) is 0 Å². The molecule has 1 atom stereocenters. The van der Waals surface area contributed by atoms with E-state index in [4.69, 9.17) is 0 Å². The predicted molar refractivity (Wildman–Crippen MR) is 86.6 cm³/mol. The van der Waals surface area contributed by atoms with Gasteiger partial charge in [0, 0.05) is 17.0 Å². The summed E-state index contributed by atoms with van der Waals surface area (Å²) in [6.07, 6.45) is 1.69. The predicted octanol–water partition coefficient (Wildman–Crippen LogP) is 3.48. The number of carbonyl (C=O) groups excluding carboxylic acids is 1. The molecule has 0 spiro atoms. The Morgan fingerprint density at radius 1 is 1.27 bits per heavy atom. The second-order valence-corrected chi connectivity index (χ2v) is 8.24. The summed E-state index contributed by atoms with van der Waals surface area (Å²) in [4.78, 5) is 12.8. The van der Waals surface area contributed by atoms with Crippen LogP contribution in [0.4, 0.5) is 0 Å². The van der Waals surface area contributed by atoms with E-state index in [2.05, 4.69) is 0 Å². The van der Waals surface area contributed by atoms with Gasteiger partial charge in [0.1, 0.15) is 0 Å². The fourth-order valence-electron chi connectivity index (χ4n) is 2.80. The van der Waals surface area contributed by atoms with E-state index in [0.29, 0.717) is 12.1 Å². The Bertz CT molecular complexity index is 781. The third-order valence-corrected chi connectivity index (χ3v) is 6.80. The van der Waals surface area contributed by atoms with E-state index in [1.165, 1.54) is 13.0 Å². The molecule has 1 aliphatic rings. The summed E-state index contributed by atoms with van der Waals surface area (Å²) in [6, 6.07) is 10.1. The van der Waals surface area contributed by atoms with Crippen molar-refractivity contribution >= 4 is 27.1 Å². The van der Waals surface area contributed by atoms with E-state index < -0.39 is 10.0 Å². The molecule has 2 heterocycles. The van der Waals surface area contributed by atoms with E-state index in [9.17, 15) is 13.2 Å². The third kappa shape index (κ3) is 2.74. The lowest BCUT2D eigenvalue weighted by Crippen LogP contribution is -2.30. The maximum atomic E-state index is 12.9. The summed E-state index contributed by atoms with van der Waals surface area (Å²) >= 11 is 1.58. The Morgan fingerprint density at radius 3 is 2.77 bits per heavy atom. The lowest BCUT2D eigenvalue weighted by molar-refractivity contribution is 0.101. The number of nitrogens with zero attached hydrogens (tertiary/aromatic N) is 1. The van der Waals surface area contributed by atoms with Crippen molar-refractivity contribution in [2.45, 2.75) is 30.7 Å². The van der Waals surface area contributed by atoms with Gasteiger partial charge in [0.05, 0.1) is 10.9 Å². The Balaban J connectivity index is 1.99. The molecule has 3 rings (SSSR count). The van der Waals surface area contributed by atoms with Gasteiger partial charge in [0.15, 0.2) is 5.78 Å². The average Bonchev–Trinajstić information content (AvgIpc) is 3.18. The van der Waals surface area contributed by atoms with Gasteiger partial charge in [0.25, 0.3) is 0 Å². The zero-order valence-electron chi connectivity index (χ0n) is 12.2. The van der Waals surface area contributed by atoms with Crippen molar-refractivity contribution in [2.24, 2.45) is 0 Å². The lowest BCUT2D eigenvalue weighted by atomic mass is 10.2. The summed E-state index contributed by atoms with van der Waals surface area (Å²) in [5.41, 5.74) is 0.424. The zero-order chi connectivity index (χ0) is 15.7. The molecule has 0 amide bonds. The second-order valence-electron chi connectivity index (χ2n) is 5.37. The molecule has 1 aromatic carbocycles. The molecule has 0 N–H and O–H groups in total. The van der Waals surface area contributed by atoms with Gasteiger partial charge in [-0.05, 0) is 43.3 Å². The Labute approximate surface area is 134 Å². The van der Waals surface area contributed by atoms with Crippen LogP contribution in [-0.2, 0) is 10.0 Å². The van der Waals surface area contributed by atoms with E-state index in [1.54, 1.807) is 33.8 Å². The molecule has 0 unspecified atom stereocenters. The Morgan fingerprint density at radius 2 is 2.09 bits per heavy atom. The highest BCUT2D eigenvalue weighted by atomic mass is 32.2.